The maximum atomic E-state index is 11.9. The quantitative estimate of drug-likeness (QED) is 0.276. The van der Waals surface area contributed by atoms with Crippen molar-refractivity contribution in [2.45, 2.75) is 64.5 Å². The van der Waals surface area contributed by atoms with Gasteiger partial charge in [0.1, 0.15) is 0 Å². The van der Waals surface area contributed by atoms with Crippen LogP contribution in [0.1, 0.15) is 56.6 Å². The van der Waals surface area contributed by atoms with E-state index in [0.717, 1.165) is 51.4 Å². The Labute approximate surface area is 198 Å². The SMILES string of the molecule is CCCNC(=O)CN1CCC(NC(=NCC)NC2CC2c2ccccc2C)CC1.I. The minimum absolute atomic E-state index is 0. The Morgan fingerprint density at radius 1 is 1.17 bits per heavy atom. The van der Waals surface area contributed by atoms with Crippen LogP contribution in [0.5, 0.6) is 0 Å². The number of carbonyl (C=O) groups is 1. The summed E-state index contributed by atoms with van der Waals surface area (Å²) in [6, 6.07) is 9.57. The molecular weight excluding hydrogens is 489 g/mol. The van der Waals surface area contributed by atoms with Gasteiger partial charge in [-0.1, -0.05) is 31.2 Å². The van der Waals surface area contributed by atoms with Crippen molar-refractivity contribution in [3.05, 3.63) is 35.4 Å². The average molecular weight is 527 g/mol. The second-order valence-electron chi connectivity index (χ2n) is 8.32. The van der Waals surface area contributed by atoms with Crippen molar-refractivity contribution in [3.8, 4) is 0 Å². The van der Waals surface area contributed by atoms with Gasteiger partial charge in [-0.3, -0.25) is 14.7 Å². The fraction of sp³-hybridized carbons (Fsp3) is 0.652. The summed E-state index contributed by atoms with van der Waals surface area (Å²) in [6.45, 7) is 10.3. The Morgan fingerprint density at radius 2 is 1.90 bits per heavy atom. The van der Waals surface area contributed by atoms with Crippen molar-refractivity contribution < 1.29 is 4.79 Å². The second-order valence-corrected chi connectivity index (χ2v) is 8.32. The number of nitrogens with one attached hydrogen (secondary N) is 3. The fourth-order valence-corrected chi connectivity index (χ4v) is 4.12. The van der Waals surface area contributed by atoms with E-state index in [4.69, 9.17) is 0 Å². The van der Waals surface area contributed by atoms with Crippen LogP contribution in [0.25, 0.3) is 0 Å². The smallest absolute Gasteiger partial charge is 0.234 e. The number of amides is 1. The third-order valence-corrected chi connectivity index (χ3v) is 5.88. The van der Waals surface area contributed by atoms with Crippen LogP contribution in [0.3, 0.4) is 0 Å². The number of halogens is 1. The van der Waals surface area contributed by atoms with E-state index >= 15 is 0 Å². The third kappa shape index (κ3) is 7.41. The van der Waals surface area contributed by atoms with Crippen LogP contribution in [0, 0.1) is 6.92 Å². The van der Waals surface area contributed by atoms with Crippen molar-refractivity contribution in [1.82, 2.24) is 20.9 Å². The number of hydrogen-bond acceptors (Lipinski definition) is 3. The van der Waals surface area contributed by atoms with Gasteiger partial charge in [-0.15, -0.1) is 24.0 Å². The standard InChI is InChI=1S/C23H37N5O.HI/c1-4-12-25-22(29)16-28-13-10-18(11-14-28)26-23(24-5-2)27-21-15-20(21)19-9-7-6-8-17(19)3;/h6-9,18,20-21H,4-5,10-16H2,1-3H3,(H,25,29)(H2,24,26,27);1H. The van der Waals surface area contributed by atoms with Gasteiger partial charge in [-0.2, -0.15) is 0 Å². The van der Waals surface area contributed by atoms with Crippen LogP contribution < -0.4 is 16.0 Å². The summed E-state index contributed by atoms with van der Waals surface area (Å²) < 4.78 is 0. The van der Waals surface area contributed by atoms with Crippen molar-refractivity contribution in [3.63, 3.8) is 0 Å². The Kier molecular flexibility index (Phi) is 10.4. The molecule has 1 heterocycles. The molecule has 2 atom stereocenters. The predicted molar refractivity (Wildman–Crippen MR) is 135 cm³/mol. The fourth-order valence-electron chi connectivity index (χ4n) is 4.12. The Bertz CT molecular complexity index is 703. The molecule has 0 bridgehead atoms. The first-order chi connectivity index (χ1) is 14.1. The topological polar surface area (TPSA) is 68.8 Å². The maximum Gasteiger partial charge on any atom is 0.234 e. The minimum Gasteiger partial charge on any atom is -0.355 e. The molecular formula is C23H38IN5O. The lowest BCUT2D eigenvalue weighted by Gasteiger charge is -2.32. The average Bonchev–Trinajstić information content (AvgIpc) is 3.47. The number of guanidine groups is 1. The molecule has 1 aliphatic carbocycles. The highest BCUT2D eigenvalue weighted by Crippen LogP contribution is 2.42. The number of aryl methyl sites for hydroxylation is 1. The Hall–Kier alpha value is -1.35. The first kappa shape index (κ1) is 24.9. The van der Waals surface area contributed by atoms with Crippen LogP contribution in [-0.2, 0) is 4.79 Å². The van der Waals surface area contributed by atoms with Gasteiger partial charge >= 0.3 is 0 Å². The molecule has 6 nitrogen and oxygen atoms in total. The van der Waals surface area contributed by atoms with Crippen LogP contribution in [0.2, 0.25) is 0 Å². The van der Waals surface area contributed by atoms with Gasteiger partial charge in [0.05, 0.1) is 6.54 Å². The zero-order valence-electron chi connectivity index (χ0n) is 18.6. The lowest BCUT2D eigenvalue weighted by atomic mass is 10.0. The first-order valence-electron chi connectivity index (χ1n) is 11.2. The molecule has 3 rings (SSSR count). The molecule has 30 heavy (non-hydrogen) atoms. The summed E-state index contributed by atoms with van der Waals surface area (Å²) in [5.74, 6) is 1.67. The van der Waals surface area contributed by atoms with Gasteiger partial charge in [-0.05, 0) is 50.7 Å². The normalized spacial score (nSPS) is 22.2. The summed E-state index contributed by atoms with van der Waals surface area (Å²) in [5.41, 5.74) is 2.83. The predicted octanol–water partition coefficient (Wildman–Crippen LogP) is 3.01. The Balaban J connectivity index is 0.00000320. The van der Waals surface area contributed by atoms with Crippen molar-refractivity contribution in [2.24, 2.45) is 4.99 Å². The monoisotopic (exact) mass is 527 g/mol. The summed E-state index contributed by atoms with van der Waals surface area (Å²) in [7, 11) is 0. The molecule has 1 aromatic carbocycles. The molecule has 2 aliphatic rings. The van der Waals surface area contributed by atoms with E-state index in [1.807, 2.05) is 0 Å². The number of hydrogen-bond donors (Lipinski definition) is 3. The van der Waals surface area contributed by atoms with E-state index in [1.165, 1.54) is 17.5 Å². The molecule has 0 aromatic heterocycles. The zero-order valence-corrected chi connectivity index (χ0v) is 20.9. The summed E-state index contributed by atoms with van der Waals surface area (Å²) in [5, 5.41) is 10.2. The first-order valence-corrected chi connectivity index (χ1v) is 11.2. The van der Waals surface area contributed by atoms with Crippen LogP contribution in [-0.4, -0.2) is 61.6 Å². The van der Waals surface area contributed by atoms with Crippen molar-refractivity contribution in [1.29, 1.82) is 0 Å². The zero-order chi connectivity index (χ0) is 20.6. The molecule has 1 saturated carbocycles. The van der Waals surface area contributed by atoms with E-state index in [2.05, 4.69) is 70.9 Å². The van der Waals surface area contributed by atoms with Gasteiger partial charge in [-0.25, -0.2) is 0 Å². The number of likely N-dealkylation sites (tertiary alicyclic amines) is 1. The highest BCUT2D eigenvalue weighted by Gasteiger charge is 2.40. The molecule has 1 saturated heterocycles. The van der Waals surface area contributed by atoms with Crippen LogP contribution in [0.4, 0.5) is 0 Å². The lowest BCUT2D eigenvalue weighted by molar-refractivity contribution is -0.122. The van der Waals surface area contributed by atoms with Gasteiger partial charge in [0.2, 0.25) is 5.91 Å². The lowest BCUT2D eigenvalue weighted by Crippen LogP contribution is -2.50. The molecule has 168 valence electrons. The number of rotatable bonds is 8. The molecule has 2 unspecified atom stereocenters. The highest BCUT2D eigenvalue weighted by molar-refractivity contribution is 14.0. The van der Waals surface area contributed by atoms with E-state index in [-0.39, 0.29) is 29.9 Å². The number of benzene rings is 1. The number of nitrogens with zero attached hydrogens (tertiary/aromatic N) is 2. The molecule has 7 heteroatoms. The number of carbonyl (C=O) groups excluding carboxylic acids is 1. The molecule has 2 fully saturated rings. The summed E-state index contributed by atoms with van der Waals surface area (Å²) in [6.07, 6.45) is 4.23. The molecule has 1 amide bonds. The van der Waals surface area contributed by atoms with Crippen molar-refractivity contribution >= 4 is 35.8 Å². The van der Waals surface area contributed by atoms with E-state index in [9.17, 15) is 4.79 Å². The van der Waals surface area contributed by atoms with Crippen LogP contribution in [0.15, 0.2) is 29.3 Å². The number of piperidine rings is 1. The Morgan fingerprint density at radius 3 is 2.57 bits per heavy atom. The largest absolute Gasteiger partial charge is 0.355 e. The van der Waals surface area contributed by atoms with Gasteiger partial charge in [0.25, 0.3) is 0 Å². The molecule has 0 spiro atoms. The van der Waals surface area contributed by atoms with E-state index in [0.29, 0.717) is 24.5 Å². The maximum absolute atomic E-state index is 11.9. The van der Waals surface area contributed by atoms with E-state index < -0.39 is 0 Å². The van der Waals surface area contributed by atoms with Gasteiger partial charge < -0.3 is 16.0 Å². The van der Waals surface area contributed by atoms with Crippen molar-refractivity contribution in [2.75, 3.05) is 32.7 Å². The molecule has 1 aliphatic heterocycles. The highest BCUT2D eigenvalue weighted by atomic mass is 127. The number of aliphatic imine (C=N–C) groups is 1. The third-order valence-electron chi connectivity index (χ3n) is 5.88. The van der Waals surface area contributed by atoms with Gasteiger partial charge in [0.15, 0.2) is 5.96 Å². The molecule has 3 N–H and O–H groups in total. The molecule has 0 radical (unpaired) electrons. The van der Waals surface area contributed by atoms with E-state index in [1.54, 1.807) is 0 Å². The molecule has 1 aromatic rings. The summed E-state index contributed by atoms with van der Waals surface area (Å²) >= 11 is 0. The second kappa shape index (κ2) is 12.5. The minimum atomic E-state index is 0. The van der Waals surface area contributed by atoms with Gasteiger partial charge in [0, 0.05) is 44.2 Å². The summed E-state index contributed by atoms with van der Waals surface area (Å²) in [4.78, 5) is 18.8. The van der Waals surface area contributed by atoms with Crippen LogP contribution >= 0.6 is 24.0 Å².